The van der Waals surface area contributed by atoms with Crippen molar-refractivity contribution in [3.63, 3.8) is 0 Å². The summed E-state index contributed by atoms with van der Waals surface area (Å²) in [4.78, 5) is 13.3. The zero-order valence-electron chi connectivity index (χ0n) is 11.2. The second-order valence-electron chi connectivity index (χ2n) is 5.28. The molecule has 0 saturated carbocycles. The molecule has 1 heterocycles. The van der Waals surface area contributed by atoms with Gasteiger partial charge in [-0.05, 0) is 56.5 Å². The lowest BCUT2D eigenvalue weighted by atomic mass is 10.0. The number of aliphatic carboxylic acids is 1. The first-order valence-electron chi connectivity index (χ1n) is 6.77. The van der Waals surface area contributed by atoms with Crippen LogP contribution in [0, 0.1) is 6.92 Å². The van der Waals surface area contributed by atoms with Crippen molar-refractivity contribution in [2.45, 2.75) is 38.6 Å². The Kier molecular flexibility index (Phi) is 4.83. The number of likely N-dealkylation sites (tertiary alicyclic amines) is 1. The number of carboxylic acids is 1. The zero-order valence-corrected chi connectivity index (χ0v) is 12.0. The number of aryl methyl sites for hydroxylation is 1. The predicted octanol–water partition coefficient (Wildman–Crippen LogP) is 3.13. The third-order valence-electron chi connectivity index (χ3n) is 3.76. The highest BCUT2D eigenvalue weighted by molar-refractivity contribution is 6.31. The quantitative estimate of drug-likeness (QED) is 0.901. The van der Waals surface area contributed by atoms with Crippen molar-refractivity contribution in [1.82, 2.24) is 4.90 Å². The third kappa shape index (κ3) is 3.95. The topological polar surface area (TPSA) is 40.5 Å². The lowest BCUT2D eigenvalue weighted by Crippen LogP contribution is -2.36. The highest BCUT2D eigenvalue weighted by atomic mass is 35.5. The van der Waals surface area contributed by atoms with Gasteiger partial charge in [-0.15, -0.1) is 0 Å². The molecule has 1 fully saturated rings. The third-order valence-corrected chi connectivity index (χ3v) is 4.19. The molecule has 1 aromatic carbocycles. The predicted molar refractivity (Wildman–Crippen MR) is 76.7 cm³/mol. The molecule has 19 heavy (non-hydrogen) atoms. The Morgan fingerprint density at radius 2 is 2.11 bits per heavy atom. The molecule has 1 saturated heterocycles. The highest BCUT2D eigenvalue weighted by Crippen LogP contribution is 2.21. The second-order valence-corrected chi connectivity index (χ2v) is 5.69. The fourth-order valence-corrected chi connectivity index (χ4v) is 2.86. The van der Waals surface area contributed by atoms with Crippen LogP contribution in [0.1, 0.15) is 30.4 Å². The van der Waals surface area contributed by atoms with Gasteiger partial charge in [0, 0.05) is 11.1 Å². The molecular weight excluding hydrogens is 262 g/mol. The molecule has 3 nitrogen and oxygen atoms in total. The number of hydrogen-bond donors (Lipinski definition) is 1. The second kappa shape index (κ2) is 6.40. The molecule has 0 radical (unpaired) electrons. The molecular formula is C15H20ClNO2. The first kappa shape index (κ1) is 14.4. The summed E-state index contributed by atoms with van der Waals surface area (Å²) < 4.78 is 0. The van der Waals surface area contributed by atoms with Crippen LogP contribution in [0.4, 0.5) is 0 Å². The minimum atomic E-state index is -0.720. The van der Waals surface area contributed by atoms with Crippen LogP contribution in [0.3, 0.4) is 0 Å². The first-order chi connectivity index (χ1) is 9.06. The molecule has 0 aromatic heterocycles. The van der Waals surface area contributed by atoms with Crippen LogP contribution in [0.2, 0.25) is 5.02 Å². The maximum absolute atomic E-state index is 11.0. The molecule has 0 amide bonds. The fraction of sp³-hybridized carbons (Fsp3) is 0.533. The molecule has 2 rings (SSSR count). The molecule has 104 valence electrons. The van der Waals surface area contributed by atoms with Crippen molar-refractivity contribution < 1.29 is 9.90 Å². The lowest BCUT2D eigenvalue weighted by molar-refractivity contribution is -0.138. The van der Waals surface area contributed by atoms with Gasteiger partial charge in [-0.1, -0.05) is 23.7 Å². The Labute approximate surface area is 119 Å². The summed E-state index contributed by atoms with van der Waals surface area (Å²) in [5, 5.41) is 9.84. The van der Waals surface area contributed by atoms with Crippen LogP contribution >= 0.6 is 11.6 Å². The number of carbonyl (C=O) groups is 1. The summed E-state index contributed by atoms with van der Waals surface area (Å²) in [5.74, 6) is -0.720. The van der Waals surface area contributed by atoms with Crippen LogP contribution in [0.5, 0.6) is 0 Å². The molecule has 1 aliphatic rings. The monoisotopic (exact) mass is 281 g/mol. The molecule has 0 bridgehead atoms. The van der Waals surface area contributed by atoms with Crippen LogP contribution in [0.25, 0.3) is 0 Å². The lowest BCUT2D eigenvalue weighted by Gasteiger charge is -2.26. The Morgan fingerprint density at radius 1 is 1.42 bits per heavy atom. The van der Waals surface area contributed by atoms with E-state index in [0.29, 0.717) is 0 Å². The molecule has 1 unspecified atom stereocenters. The van der Waals surface area contributed by atoms with Crippen LogP contribution in [-0.4, -0.2) is 35.1 Å². The van der Waals surface area contributed by atoms with E-state index in [1.807, 2.05) is 19.1 Å². The van der Waals surface area contributed by atoms with Crippen molar-refractivity contribution in [1.29, 1.82) is 0 Å². The van der Waals surface area contributed by atoms with E-state index < -0.39 is 5.97 Å². The molecule has 0 aliphatic carbocycles. The maximum atomic E-state index is 11.0. The number of nitrogens with zero attached hydrogens (tertiary/aromatic N) is 1. The van der Waals surface area contributed by atoms with Gasteiger partial charge in [-0.2, -0.15) is 0 Å². The van der Waals surface area contributed by atoms with E-state index in [9.17, 15) is 4.79 Å². The van der Waals surface area contributed by atoms with Gasteiger partial charge in [0.2, 0.25) is 0 Å². The number of benzene rings is 1. The summed E-state index contributed by atoms with van der Waals surface area (Å²) in [6, 6.07) is 6.06. The van der Waals surface area contributed by atoms with Gasteiger partial charge in [-0.3, -0.25) is 9.69 Å². The Morgan fingerprint density at radius 3 is 2.68 bits per heavy atom. The van der Waals surface area contributed by atoms with Gasteiger partial charge in [0.05, 0.1) is 6.42 Å². The van der Waals surface area contributed by atoms with Crippen LogP contribution in [0.15, 0.2) is 18.2 Å². The van der Waals surface area contributed by atoms with Gasteiger partial charge in [-0.25, -0.2) is 0 Å². The fourth-order valence-electron chi connectivity index (χ4n) is 2.74. The van der Waals surface area contributed by atoms with Crippen molar-refractivity contribution in [3.8, 4) is 0 Å². The van der Waals surface area contributed by atoms with Gasteiger partial charge >= 0.3 is 5.97 Å². The minimum Gasteiger partial charge on any atom is -0.481 e. The van der Waals surface area contributed by atoms with E-state index in [2.05, 4.69) is 11.0 Å². The standard InChI is InChI=1S/C15H20ClNO2/c1-11-8-12(4-5-14(11)16)9-13(10-15(18)19)17-6-2-3-7-17/h4-5,8,13H,2-3,6-7,9-10H2,1H3,(H,18,19). The van der Waals surface area contributed by atoms with E-state index >= 15 is 0 Å². The van der Waals surface area contributed by atoms with Gasteiger partial charge in [0.15, 0.2) is 0 Å². The molecule has 0 spiro atoms. The Bertz CT molecular complexity index is 455. The number of carboxylic acid groups (broad SMARTS) is 1. The van der Waals surface area contributed by atoms with E-state index in [1.54, 1.807) is 0 Å². The molecule has 1 aromatic rings. The van der Waals surface area contributed by atoms with Gasteiger partial charge in [0.25, 0.3) is 0 Å². The van der Waals surface area contributed by atoms with Crippen molar-refractivity contribution >= 4 is 17.6 Å². The molecule has 4 heteroatoms. The van der Waals surface area contributed by atoms with E-state index in [1.165, 1.54) is 18.4 Å². The number of hydrogen-bond acceptors (Lipinski definition) is 2. The normalized spacial score (nSPS) is 17.6. The Balaban J connectivity index is 2.09. The summed E-state index contributed by atoms with van der Waals surface area (Å²) in [6.45, 7) is 4.02. The SMILES string of the molecule is Cc1cc(CC(CC(=O)O)N2CCCC2)ccc1Cl. The number of halogens is 1. The largest absolute Gasteiger partial charge is 0.481 e. The summed E-state index contributed by atoms with van der Waals surface area (Å²) in [7, 11) is 0. The summed E-state index contributed by atoms with van der Waals surface area (Å²) in [5.41, 5.74) is 2.22. The van der Waals surface area contributed by atoms with E-state index in [-0.39, 0.29) is 12.5 Å². The van der Waals surface area contributed by atoms with E-state index in [4.69, 9.17) is 16.7 Å². The Hall–Kier alpha value is -1.06. The zero-order chi connectivity index (χ0) is 13.8. The van der Waals surface area contributed by atoms with Crippen molar-refractivity contribution in [2.24, 2.45) is 0 Å². The van der Waals surface area contributed by atoms with Gasteiger partial charge in [0.1, 0.15) is 0 Å². The first-order valence-corrected chi connectivity index (χ1v) is 7.15. The summed E-state index contributed by atoms with van der Waals surface area (Å²) >= 11 is 6.02. The minimum absolute atomic E-state index is 0.0978. The van der Waals surface area contributed by atoms with Crippen LogP contribution < -0.4 is 0 Å². The highest BCUT2D eigenvalue weighted by Gasteiger charge is 2.24. The molecule has 1 N–H and O–H groups in total. The van der Waals surface area contributed by atoms with Crippen molar-refractivity contribution in [3.05, 3.63) is 34.3 Å². The smallest absolute Gasteiger partial charge is 0.304 e. The summed E-state index contributed by atoms with van der Waals surface area (Å²) in [6.07, 6.45) is 3.34. The molecule has 1 atom stereocenters. The average molecular weight is 282 g/mol. The molecule has 1 aliphatic heterocycles. The van der Waals surface area contributed by atoms with Gasteiger partial charge < -0.3 is 5.11 Å². The average Bonchev–Trinajstić information content (AvgIpc) is 2.86. The van der Waals surface area contributed by atoms with Crippen LogP contribution in [-0.2, 0) is 11.2 Å². The number of rotatable bonds is 5. The van der Waals surface area contributed by atoms with Crippen molar-refractivity contribution in [2.75, 3.05) is 13.1 Å². The van der Waals surface area contributed by atoms with E-state index in [0.717, 1.165) is 30.1 Å². The maximum Gasteiger partial charge on any atom is 0.304 e.